The van der Waals surface area contributed by atoms with Gasteiger partial charge in [-0.3, -0.25) is 0 Å². The summed E-state index contributed by atoms with van der Waals surface area (Å²) in [6, 6.07) is 1.94. The van der Waals surface area contributed by atoms with Gasteiger partial charge in [0.25, 0.3) is 0 Å². The Balaban J connectivity index is 2.24. The number of nitrogens with zero attached hydrogens (tertiary/aromatic N) is 4. The van der Waals surface area contributed by atoms with E-state index in [0.717, 1.165) is 12.1 Å². The van der Waals surface area contributed by atoms with E-state index in [1.807, 2.05) is 0 Å². The van der Waals surface area contributed by atoms with Gasteiger partial charge in [0, 0.05) is 24.2 Å². The zero-order valence-electron chi connectivity index (χ0n) is 10.6. The van der Waals surface area contributed by atoms with Crippen molar-refractivity contribution in [2.24, 2.45) is 0 Å². The molecule has 0 amide bonds. The molecule has 1 aromatic carbocycles. The Morgan fingerprint density at radius 3 is 2.90 bits per heavy atom. The molecule has 1 N–H and O–H groups in total. The summed E-state index contributed by atoms with van der Waals surface area (Å²) >= 11 is 3.11. The van der Waals surface area contributed by atoms with Gasteiger partial charge in [0.1, 0.15) is 11.5 Å². The molecule has 0 saturated heterocycles. The Hall–Kier alpha value is -1.45. The molecular weight excluding hydrogens is 336 g/mol. The van der Waals surface area contributed by atoms with E-state index in [1.165, 1.54) is 4.68 Å². The third-order valence-corrected chi connectivity index (χ3v) is 3.10. The van der Waals surface area contributed by atoms with Crippen LogP contribution in [0.25, 0.3) is 5.69 Å². The first-order chi connectivity index (χ1) is 9.63. The average Bonchev–Trinajstić information content (AvgIpc) is 2.82. The van der Waals surface area contributed by atoms with Crippen molar-refractivity contribution in [2.75, 3.05) is 20.3 Å². The molecule has 0 aliphatic rings. The summed E-state index contributed by atoms with van der Waals surface area (Å²) in [5.41, 5.74) is 0.0694. The van der Waals surface area contributed by atoms with Gasteiger partial charge < -0.3 is 10.1 Å². The molecule has 0 radical (unpaired) electrons. The second-order valence-electron chi connectivity index (χ2n) is 3.89. The predicted molar refractivity (Wildman–Crippen MR) is 70.4 cm³/mol. The second-order valence-corrected chi connectivity index (χ2v) is 4.75. The fourth-order valence-corrected chi connectivity index (χ4v) is 2.18. The summed E-state index contributed by atoms with van der Waals surface area (Å²) < 4.78 is 33.3. The molecule has 2 rings (SSSR count). The highest BCUT2D eigenvalue weighted by molar-refractivity contribution is 9.10. The second kappa shape index (κ2) is 6.82. The Bertz CT molecular complexity index is 569. The number of ether oxygens (including phenoxy) is 1. The fourth-order valence-electron chi connectivity index (χ4n) is 1.60. The highest BCUT2D eigenvalue weighted by Gasteiger charge is 2.16. The van der Waals surface area contributed by atoms with Gasteiger partial charge in [0.05, 0.1) is 13.2 Å². The van der Waals surface area contributed by atoms with Crippen molar-refractivity contribution in [1.29, 1.82) is 0 Å². The zero-order valence-corrected chi connectivity index (χ0v) is 12.2. The van der Waals surface area contributed by atoms with E-state index in [4.69, 9.17) is 4.74 Å². The van der Waals surface area contributed by atoms with Crippen LogP contribution in [0.1, 0.15) is 5.82 Å². The van der Waals surface area contributed by atoms with E-state index in [1.54, 1.807) is 7.11 Å². The van der Waals surface area contributed by atoms with Crippen LogP contribution < -0.4 is 5.32 Å². The molecule has 0 saturated carbocycles. The Labute approximate surface area is 122 Å². The van der Waals surface area contributed by atoms with Crippen molar-refractivity contribution < 1.29 is 13.5 Å². The number of benzene rings is 1. The molecule has 1 aromatic heterocycles. The summed E-state index contributed by atoms with van der Waals surface area (Å²) in [6.07, 6.45) is 0. The van der Waals surface area contributed by atoms with Gasteiger partial charge in [-0.2, -0.15) is 4.68 Å². The van der Waals surface area contributed by atoms with Crippen LogP contribution in [0.4, 0.5) is 8.78 Å². The molecule has 2 aromatic rings. The minimum Gasteiger partial charge on any atom is -0.383 e. The lowest BCUT2D eigenvalue weighted by Crippen LogP contribution is -2.21. The first-order valence-corrected chi connectivity index (χ1v) is 6.54. The number of tetrazole rings is 1. The SMILES string of the molecule is COCCNCc1nnnn1-c1c(F)cc(F)cc1Br. The van der Waals surface area contributed by atoms with E-state index in [2.05, 4.69) is 36.8 Å². The lowest BCUT2D eigenvalue weighted by molar-refractivity contribution is 0.199. The van der Waals surface area contributed by atoms with Crippen molar-refractivity contribution >= 4 is 15.9 Å². The molecular formula is C11H12BrF2N5O. The van der Waals surface area contributed by atoms with Gasteiger partial charge >= 0.3 is 0 Å². The summed E-state index contributed by atoms with van der Waals surface area (Å²) in [6.45, 7) is 1.48. The molecule has 0 fully saturated rings. The van der Waals surface area contributed by atoms with Gasteiger partial charge in [-0.05, 0) is 32.4 Å². The van der Waals surface area contributed by atoms with Crippen molar-refractivity contribution in [3.05, 3.63) is 34.1 Å². The number of hydrogen-bond donors (Lipinski definition) is 1. The highest BCUT2D eigenvalue weighted by atomic mass is 79.9. The molecule has 9 heteroatoms. The Kier molecular flexibility index (Phi) is 5.10. The Morgan fingerprint density at radius 2 is 2.20 bits per heavy atom. The van der Waals surface area contributed by atoms with Gasteiger partial charge in [-0.25, -0.2) is 8.78 Å². The van der Waals surface area contributed by atoms with Crippen molar-refractivity contribution in [2.45, 2.75) is 6.54 Å². The molecule has 0 unspecified atom stereocenters. The summed E-state index contributed by atoms with van der Waals surface area (Å²) in [5.74, 6) is -1.01. The van der Waals surface area contributed by atoms with E-state index >= 15 is 0 Å². The van der Waals surface area contributed by atoms with Crippen LogP contribution in [0.3, 0.4) is 0 Å². The first kappa shape index (κ1) is 14.9. The lowest BCUT2D eigenvalue weighted by Gasteiger charge is -2.09. The number of methoxy groups -OCH3 is 1. The fraction of sp³-hybridized carbons (Fsp3) is 0.364. The summed E-state index contributed by atoms with van der Waals surface area (Å²) in [5, 5.41) is 14.1. The van der Waals surface area contributed by atoms with Crippen molar-refractivity contribution in [1.82, 2.24) is 25.5 Å². The molecule has 0 spiro atoms. The Morgan fingerprint density at radius 1 is 1.40 bits per heavy atom. The average molecular weight is 348 g/mol. The van der Waals surface area contributed by atoms with Crippen LogP contribution >= 0.6 is 15.9 Å². The minimum absolute atomic E-state index is 0.0694. The van der Waals surface area contributed by atoms with Crippen LogP contribution in [-0.4, -0.2) is 40.5 Å². The standard InChI is InChI=1S/C11H12BrF2N5O/c1-20-3-2-15-6-10-16-17-18-19(10)11-8(12)4-7(13)5-9(11)14/h4-5,15H,2-3,6H2,1H3. The smallest absolute Gasteiger partial charge is 0.170 e. The maximum Gasteiger partial charge on any atom is 0.170 e. The first-order valence-electron chi connectivity index (χ1n) is 5.75. The van der Waals surface area contributed by atoms with Crippen molar-refractivity contribution in [3.8, 4) is 5.69 Å². The molecule has 0 bridgehead atoms. The van der Waals surface area contributed by atoms with E-state index in [9.17, 15) is 8.78 Å². The van der Waals surface area contributed by atoms with Crippen molar-refractivity contribution in [3.63, 3.8) is 0 Å². The molecule has 6 nitrogen and oxygen atoms in total. The normalized spacial score (nSPS) is 11.0. The number of rotatable bonds is 6. The van der Waals surface area contributed by atoms with Gasteiger partial charge in [-0.1, -0.05) is 0 Å². The summed E-state index contributed by atoms with van der Waals surface area (Å²) in [4.78, 5) is 0. The van der Waals surface area contributed by atoms with E-state index in [0.29, 0.717) is 25.5 Å². The number of halogens is 3. The third kappa shape index (κ3) is 3.35. The van der Waals surface area contributed by atoms with Crippen LogP contribution in [0, 0.1) is 11.6 Å². The molecule has 20 heavy (non-hydrogen) atoms. The number of aromatic nitrogens is 4. The van der Waals surface area contributed by atoms with Gasteiger partial charge in [0.2, 0.25) is 0 Å². The van der Waals surface area contributed by atoms with E-state index in [-0.39, 0.29) is 10.2 Å². The van der Waals surface area contributed by atoms with E-state index < -0.39 is 11.6 Å². The highest BCUT2D eigenvalue weighted by Crippen LogP contribution is 2.25. The molecule has 0 aliphatic heterocycles. The van der Waals surface area contributed by atoms with Crippen LogP contribution in [0.5, 0.6) is 0 Å². The summed E-state index contributed by atoms with van der Waals surface area (Å²) in [7, 11) is 1.59. The predicted octanol–water partition coefficient (Wildman–Crippen LogP) is 1.44. The largest absolute Gasteiger partial charge is 0.383 e. The van der Waals surface area contributed by atoms with Gasteiger partial charge in [-0.15, -0.1) is 5.10 Å². The van der Waals surface area contributed by atoms with Gasteiger partial charge in [0.15, 0.2) is 11.6 Å². The quantitative estimate of drug-likeness (QED) is 0.801. The lowest BCUT2D eigenvalue weighted by atomic mass is 10.3. The maximum atomic E-state index is 13.9. The minimum atomic E-state index is -0.748. The van der Waals surface area contributed by atoms with Crippen LogP contribution in [0.15, 0.2) is 16.6 Å². The maximum absolute atomic E-state index is 13.9. The molecule has 0 atom stereocenters. The topological polar surface area (TPSA) is 64.9 Å². The zero-order chi connectivity index (χ0) is 14.5. The van der Waals surface area contributed by atoms with Crippen LogP contribution in [0.2, 0.25) is 0 Å². The number of hydrogen-bond acceptors (Lipinski definition) is 5. The monoisotopic (exact) mass is 347 g/mol. The molecule has 1 heterocycles. The third-order valence-electron chi connectivity index (χ3n) is 2.49. The van der Waals surface area contributed by atoms with Crippen LogP contribution in [-0.2, 0) is 11.3 Å². The molecule has 0 aliphatic carbocycles. The molecule has 108 valence electrons. The number of nitrogens with one attached hydrogen (secondary N) is 1.